The van der Waals surface area contributed by atoms with Gasteiger partial charge >= 0.3 is 0 Å². The molecule has 0 aromatic carbocycles. The Morgan fingerprint density at radius 3 is 1.60 bits per heavy atom. The topological polar surface area (TPSA) is 66.3 Å². The van der Waals surface area contributed by atoms with Gasteiger partial charge in [0.05, 0.1) is 39.1 Å². The summed E-state index contributed by atoms with van der Waals surface area (Å²) in [4.78, 5) is 0. The molecule has 1 N–H and O–H groups in total. The highest BCUT2D eigenvalue weighted by Gasteiger charge is 2.02. The number of aliphatic hydroxyl groups is 1. The average molecular weight is 172 g/mol. The highest BCUT2D eigenvalue weighted by atomic mass is 35.6. The predicted octanol–water partition coefficient (Wildman–Crippen LogP) is -2.69. The Morgan fingerprint density at radius 1 is 1.30 bits per heavy atom. The van der Waals surface area contributed by atoms with E-state index in [0.29, 0.717) is 0 Å². The Kier molecular flexibility index (Phi) is 9.25. The van der Waals surface area contributed by atoms with E-state index in [1.165, 1.54) is 0 Å². The van der Waals surface area contributed by atoms with E-state index < -0.39 is 11.3 Å². The monoisotopic (exact) mass is 171 g/mol. The van der Waals surface area contributed by atoms with Crippen LogP contribution >= 0.6 is 0 Å². The van der Waals surface area contributed by atoms with Gasteiger partial charge in [-0.05, 0) is 0 Å². The van der Waals surface area contributed by atoms with Crippen LogP contribution in [0.2, 0.25) is 0 Å². The van der Waals surface area contributed by atoms with Gasteiger partial charge in [-0.3, -0.25) is 0 Å². The summed E-state index contributed by atoms with van der Waals surface area (Å²) in [6.45, 7) is 1.11. The molecular formula is C5H14ClNO3. The second-order valence-electron chi connectivity index (χ2n) is 2.80. The number of hydrogen-bond donors (Lipinski definition) is 1. The molecule has 0 aliphatic rings. The van der Waals surface area contributed by atoms with E-state index in [1.54, 1.807) is 0 Å². The van der Waals surface area contributed by atoms with Gasteiger partial charge in [-0.2, -0.15) is 0 Å². The summed E-state index contributed by atoms with van der Waals surface area (Å²) in [6.07, 6.45) is 0. The quantitative estimate of drug-likeness (QED) is 0.460. The van der Waals surface area contributed by atoms with E-state index in [-0.39, 0.29) is 6.61 Å². The van der Waals surface area contributed by atoms with Crippen LogP contribution < -0.4 is 9.32 Å². The molecule has 0 fully saturated rings. The zero-order chi connectivity index (χ0) is 8.62. The van der Waals surface area contributed by atoms with Gasteiger partial charge in [-0.15, -0.1) is 0 Å². The van der Waals surface area contributed by atoms with Gasteiger partial charge in [-0.1, -0.05) is 0 Å². The number of rotatable bonds is 2. The third-order valence-corrected chi connectivity index (χ3v) is 0.771. The third kappa shape index (κ3) is 24.2. The van der Waals surface area contributed by atoms with Crippen LogP contribution in [0.25, 0.3) is 0 Å². The molecule has 0 bridgehead atoms. The number of nitrogens with zero attached hydrogens (tertiary/aromatic N) is 1. The molecule has 10 heavy (non-hydrogen) atoms. The smallest absolute Gasteiger partial charge is 0.101 e. The summed E-state index contributed by atoms with van der Waals surface area (Å²) in [5.41, 5.74) is 0. The summed E-state index contributed by atoms with van der Waals surface area (Å²) in [6, 6.07) is 0. The van der Waals surface area contributed by atoms with Gasteiger partial charge in [0.1, 0.15) is 6.54 Å². The molecule has 0 rings (SSSR count). The zero-order valence-corrected chi connectivity index (χ0v) is 7.26. The van der Waals surface area contributed by atoms with Crippen LogP contribution in [0.15, 0.2) is 0 Å². The predicted molar refractivity (Wildman–Crippen MR) is 30.0 cm³/mol. The minimum atomic E-state index is -0.417. The summed E-state index contributed by atoms with van der Waals surface area (Å²) in [5.74, 6) is 0. The first kappa shape index (κ1) is 12.8. The van der Waals surface area contributed by atoms with Gasteiger partial charge in [0.15, 0.2) is 0 Å². The van der Waals surface area contributed by atoms with Crippen molar-refractivity contribution in [1.29, 1.82) is 0 Å². The normalized spacial score (nSPS) is 10.2. The fourth-order valence-corrected chi connectivity index (χ4v) is 0.300. The van der Waals surface area contributed by atoms with Gasteiger partial charge in [0.2, 0.25) is 0 Å². The van der Waals surface area contributed by atoms with E-state index >= 15 is 0 Å². The first-order chi connectivity index (χ1) is 4.47. The maximum atomic E-state index is 8.39. The molecular weight excluding hydrogens is 158 g/mol. The van der Waals surface area contributed by atoms with Crippen molar-refractivity contribution in [2.75, 3.05) is 34.3 Å². The molecule has 4 nitrogen and oxygen atoms in total. The maximum absolute atomic E-state index is 8.39. The molecule has 0 aliphatic carbocycles. The van der Waals surface area contributed by atoms with E-state index in [2.05, 4.69) is 21.1 Å². The van der Waals surface area contributed by atoms with Gasteiger partial charge < -0.3 is 18.9 Å². The Bertz CT molecular complexity index is 64.4. The Hall–Kier alpha value is 0.130. The van der Waals surface area contributed by atoms with Crippen LogP contribution in [0.4, 0.5) is 0 Å². The second kappa shape index (κ2) is 7.24. The van der Waals surface area contributed by atoms with Crippen molar-refractivity contribution in [3.05, 3.63) is 0 Å². The summed E-state index contributed by atoms with van der Waals surface area (Å²) >= 11 is -0.417. The molecule has 5 heteroatoms. The molecule has 0 heterocycles. The molecule has 64 valence electrons. The third-order valence-electron chi connectivity index (χ3n) is 0.771. The van der Waals surface area contributed by atoms with Crippen LogP contribution in [-0.2, 0) is 0 Å². The molecule has 0 saturated carbocycles. The molecule has 0 unspecified atom stereocenters. The van der Waals surface area contributed by atoms with Gasteiger partial charge in [-0.25, -0.2) is 0 Å². The second-order valence-corrected chi connectivity index (χ2v) is 2.93. The van der Waals surface area contributed by atoms with E-state index in [1.807, 2.05) is 0 Å². The largest absolute Gasteiger partial charge is 0.544 e. The lowest BCUT2D eigenvalue weighted by atomic mass is 10.5. The lowest BCUT2D eigenvalue weighted by molar-refractivity contribution is -1.41. The highest BCUT2D eigenvalue weighted by Crippen LogP contribution is 1.84. The van der Waals surface area contributed by atoms with Crippen LogP contribution in [0, 0.1) is 11.3 Å². The van der Waals surface area contributed by atoms with Gasteiger partial charge in [0.25, 0.3) is 0 Å². The summed E-state index contributed by atoms with van der Waals surface area (Å²) in [5, 5.41) is 8.39. The molecule has 0 atom stereocenters. The number of halogens is 1. The summed E-state index contributed by atoms with van der Waals surface area (Å²) in [7, 11) is 6.16. The molecule has 0 aromatic heterocycles. The standard InChI is InChI=1S/C5H14NO.ClO2/c1-6(2,3)4-5-7;2-1-3/h7H,4-5H2,1-3H3;/q+1;-1. The SMILES string of the molecule is C[N+](C)(C)CCO.[O-][Cl+][O-]. The number of quaternary nitrogens is 1. The highest BCUT2D eigenvalue weighted by molar-refractivity contribution is 4.19. The first-order valence-corrected chi connectivity index (χ1v) is 3.40. The fourth-order valence-electron chi connectivity index (χ4n) is 0.300. The van der Waals surface area contributed by atoms with E-state index in [0.717, 1.165) is 11.0 Å². The van der Waals surface area contributed by atoms with Crippen LogP contribution in [0.1, 0.15) is 0 Å². The lowest BCUT2D eigenvalue weighted by Gasteiger charge is -2.21. The average Bonchev–Trinajstić information content (AvgIpc) is 1.63. The molecule has 0 aromatic rings. The Morgan fingerprint density at radius 2 is 1.60 bits per heavy atom. The molecule has 0 aliphatic heterocycles. The van der Waals surface area contributed by atoms with Crippen LogP contribution in [-0.4, -0.2) is 43.9 Å². The molecule has 0 amide bonds. The van der Waals surface area contributed by atoms with E-state index in [9.17, 15) is 0 Å². The van der Waals surface area contributed by atoms with Crippen molar-refractivity contribution < 1.29 is 30.2 Å². The van der Waals surface area contributed by atoms with E-state index in [4.69, 9.17) is 14.4 Å². The molecule has 0 radical (unpaired) electrons. The first-order valence-electron chi connectivity index (χ1n) is 2.78. The van der Waals surface area contributed by atoms with Crippen LogP contribution in [0.5, 0.6) is 0 Å². The number of likely N-dealkylation sites (N-methyl/N-ethyl adjacent to an activating group) is 1. The lowest BCUT2D eigenvalue weighted by Crippen LogP contribution is -2.36. The number of aliphatic hydroxyl groups excluding tert-OH is 1. The minimum absolute atomic E-state index is 0.281. The Balaban J connectivity index is 0. The van der Waals surface area contributed by atoms with Crippen molar-refractivity contribution >= 4 is 0 Å². The van der Waals surface area contributed by atoms with Crippen molar-refractivity contribution in [2.24, 2.45) is 0 Å². The van der Waals surface area contributed by atoms with Crippen molar-refractivity contribution in [1.82, 2.24) is 0 Å². The van der Waals surface area contributed by atoms with Crippen molar-refractivity contribution in [3.63, 3.8) is 0 Å². The Labute approximate surface area is 65.4 Å². The minimum Gasteiger partial charge on any atom is -0.544 e. The number of hydrogen-bond acceptors (Lipinski definition) is 3. The zero-order valence-electron chi connectivity index (χ0n) is 6.50. The maximum Gasteiger partial charge on any atom is 0.101 e. The van der Waals surface area contributed by atoms with Crippen molar-refractivity contribution in [3.8, 4) is 0 Å². The van der Waals surface area contributed by atoms with Crippen molar-refractivity contribution in [2.45, 2.75) is 0 Å². The molecule has 0 spiro atoms. The van der Waals surface area contributed by atoms with Gasteiger partial charge in [0, 0.05) is 0 Å². The summed E-state index contributed by atoms with van der Waals surface area (Å²) < 4.78 is 17.3. The van der Waals surface area contributed by atoms with Crippen LogP contribution in [0.3, 0.4) is 0 Å². The molecule has 0 saturated heterocycles. The fraction of sp³-hybridized carbons (Fsp3) is 1.00.